The SMILES string of the molecule is C=CCN1C(=O)C2(CCCC2)NC(=O)C1C(C)CC. The topological polar surface area (TPSA) is 49.4 Å². The van der Waals surface area contributed by atoms with E-state index >= 15 is 0 Å². The molecule has 1 aliphatic heterocycles. The van der Waals surface area contributed by atoms with Gasteiger partial charge in [0.1, 0.15) is 11.6 Å². The molecule has 106 valence electrons. The second-order valence-corrected chi connectivity index (χ2v) is 5.86. The maximum Gasteiger partial charge on any atom is 0.249 e. The molecule has 2 unspecified atom stereocenters. The molecular formula is C15H24N2O2. The summed E-state index contributed by atoms with van der Waals surface area (Å²) in [4.78, 5) is 27.0. The maximum atomic E-state index is 12.8. The normalized spacial score (nSPS) is 27.5. The highest BCUT2D eigenvalue weighted by Crippen LogP contribution is 2.36. The van der Waals surface area contributed by atoms with E-state index in [1.54, 1.807) is 11.0 Å². The highest BCUT2D eigenvalue weighted by Gasteiger charge is 2.52. The smallest absolute Gasteiger partial charge is 0.249 e. The van der Waals surface area contributed by atoms with Gasteiger partial charge >= 0.3 is 0 Å². The summed E-state index contributed by atoms with van der Waals surface area (Å²) >= 11 is 0. The van der Waals surface area contributed by atoms with Gasteiger partial charge in [0, 0.05) is 6.54 Å². The van der Waals surface area contributed by atoms with Gasteiger partial charge in [-0.2, -0.15) is 0 Å². The summed E-state index contributed by atoms with van der Waals surface area (Å²) in [5.74, 6) is 0.273. The first kappa shape index (κ1) is 14.1. The average molecular weight is 264 g/mol. The average Bonchev–Trinajstić information content (AvgIpc) is 2.85. The number of carbonyl (C=O) groups excluding carboxylic acids is 2. The van der Waals surface area contributed by atoms with Crippen LogP contribution in [0.5, 0.6) is 0 Å². The van der Waals surface area contributed by atoms with Gasteiger partial charge in [-0.15, -0.1) is 6.58 Å². The molecule has 19 heavy (non-hydrogen) atoms. The zero-order chi connectivity index (χ0) is 14.0. The molecule has 0 aromatic heterocycles. The van der Waals surface area contributed by atoms with Crippen LogP contribution in [0.4, 0.5) is 0 Å². The van der Waals surface area contributed by atoms with Gasteiger partial charge in [0.25, 0.3) is 0 Å². The molecule has 2 amide bonds. The van der Waals surface area contributed by atoms with Gasteiger partial charge in [-0.05, 0) is 18.8 Å². The van der Waals surface area contributed by atoms with Gasteiger partial charge in [0.15, 0.2) is 0 Å². The minimum atomic E-state index is -0.621. The first-order valence-electron chi connectivity index (χ1n) is 7.29. The van der Waals surface area contributed by atoms with E-state index in [0.29, 0.717) is 6.54 Å². The largest absolute Gasteiger partial charge is 0.340 e. The Hall–Kier alpha value is -1.32. The van der Waals surface area contributed by atoms with E-state index in [-0.39, 0.29) is 23.8 Å². The number of carbonyl (C=O) groups is 2. The second kappa shape index (κ2) is 5.35. The molecule has 1 aliphatic carbocycles. The summed E-state index contributed by atoms with van der Waals surface area (Å²) in [7, 11) is 0. The molecule has 1 N–H and O–H groups in total. The highest BCUT2D eigenvalue weighted by molar-refractivity contribution is 6.00. The van der Waals surface area contributed by atoms with E-state index in [1.165, 1.54) is 0 Å². The molecule has 1 spiro atoms. The fourth-order valence-electron chi connectivity index (χ4n) is 3.35. The van der Waals surface area contributed by atoms with E-state index in [1.807, 2.05) is 6.92 Å². The second-order valence-electron chi connectivity index (χ2n) is 5.86. The zero-order valence-corrected chi connectivity index (χ0v) is 11.9. The van der Waals surface area contributed by atoms with Crippen LogP contribution in [-0.2, 0) is 9.59 Å². The molecule has 1 saturated heterocycles. The fourth-order valence-corrected chi connectivity index (χ4v) is 3.35. The van der Waals surface area contributed by atoms with Crippen molar-refractivity contribution < 1.29 is 9.59 Å². The lowest BCUT2D eigenvalue weighted by Gasteiger charge is -2.46. The lowest BCUT2D eigenvalue weighted by atomic mass is 9.86. The maximum absolute atomic E-state index is 12.8. The number of rotatable bonds is 4. The first-order valence-corrected chi connectivity index (χ1v) is 7.29. The zero-order valence-electron chi connectivity index (χ0n) is 11.9. The Morgan fingerprint density at radius 1 is 1.47 bits per heavy atom. The minimum absolute atomic E-state index is 0.0118. The van der Waals surface area contributed by atoms with Crippen molar-refractivity contribution in [3.05, 3.63) is 12.7 Å². The predicted molar refractivity (Wildman–Crippen MR) is 74.5 cm³/mol. The molecule has 0 bridgehead atoms. The Kier molecular flexibility index (Phi) is 3.97. The summed E-state index contributed by atoms with van der Waals surface area (Å²) in [5, 5.41) is 3.03. The van der Waals surface area contributed by atoms with Crippen molar-refractivity contribution in [3.63, 3.8) is 0 Å². The van der Waals surface area contributed by atoms with E-state index < -0.39 is 5.54 Å². The Bertz CT molecular complexity index is 386. The number of nitrogens with one attached hydrogen (secondary N) is 1. The van der Waals surface area contributed by atoms with Crippen LogP contribution in [0.25, 0.3) is 0 Å². The van der Waals surface area contributed by atoms with E-state index in [2.05, 4.69) is 18.8 Å². The van der Waals surface area contributed by atoms with E-state index in [4.69, 9.17) is 0 Å². The molecule has 0 aromatic rings. The van der Waals surface area contributed by atoms with Crippen molar-refractivity contribution >= 4 is 11.8 Å². The Morgan fingerprint density at radius 2 is 2.11 bits per heavy atom. The third-order valence-electron chi connectivity index (χ3n) is 4.60. The molecule has 0 radical (unpaired) electrons. The molecule has 0 aromatic carbocycles. The van der Waals surface area contributed by atoms with Gasteiger partial charge in [-0.25, -0.2) is 0 Å². The fraction of sp³-hybridized carbons (Fsp3) is 0.733. The lowest BCUT2D eigenvalue weighted by molar-refractivity contribution is -0.156. The summed E-state index contributed by atoms with van der Waals surface area (Å²) in [6, 6.07) is -0.346. The standard InChI is InChI=1S/C15H24N2O2/c1-4-10-17-12(11(3)5-2)13(18)16-15(14(17)19)8-6-7-9-15/h4,11-12H,1,5-10H2,2-3H3,(H,16,18). The number of nitrogens with zero attached hydrogens (tertiary/aromatic N) is 1. The molecule has 1 heterocycles. The molecule has 2 rings (SSSR count). The summed E-state index contributed by atoms with van der Waals surface area (Å²) in [6.45, 7) is 8.26. The van der Waals surface area contributed by atoms with Crippen LogP contribution in [0.2, 0.25) is 0 Å². The number of piperazine rings is 1. The predicted octanol–water partition coefficient (Wildman–Crippen LogP) is 1.86. The van der Waals surface area contributed by atoms with Gasteiger partial charge in [-0.1, -0.05) is 39.2 Å². The molecular weight excluding hydrogens is 240 g/mol. The quantitative estimate of drug-likeness (QED) is 0.788. The van der Waals surface area contributed by atoms with Gasteiger partial charge < -0.3 is 10.2 Å². The van der Waals surface area contributed by atoms with Crippen molar-refractivity contribution in [1.29, 1.82) is 0 Å². The third kappa shape index (κ3) is 2.28. The molecule has 1 saturated carbocycles. The van der Waals surface area contributed by atoms with Crippen molar-refractivity contribution in [3.8, 4) is 0 Å². The van der Waals surface area contributed by atoms with Gasteiger partial charge in [-0.3, -0.25) is 9.59 Å². The summed E-state index contributed by atoms with van der Waals surface area (Å²) in [6.07, 6.45) is 6.18. The van der Waals surface area contributed by atoms with Crippen molar-refractivity contribution in [2.24, 2.45) is 5.92 Å². The van der Waals surface area contributed by atoms with E-state index in [0.717, 1.165) is 32.1 Å². The number of hydrogen-bond donors (Lipinski definition) is 1. The van der Waals surface area contributed by atoms with Gasteiger partial charge in [0.05, 0.1) is 0 Å². The molecule has 4 nitrogen and oxygen atoms in total. The Morgan fingerprint density at radius 3 is 2.63 bits per heavy atom. The van der Waals surface area contributed by atoms with Crippen LogP contribution in [0.1, 0.15) is 46.0 Å². The molecule has 2 atom stereocenters. The van der Waals surface area contributed by atoms with Crippen LogP contribution in [0.3, 0.4) is 0 Å². The van der Waals surface area contributed by atoms with Crippen molar-refractivity contribution in [2.75, 3.05) is 6.54 Å². The summed E-state index contributed by atoms with van der Waals surface area (Å²) < 4.78 is 0. The van der Waals surface area contributed by atoms with Crippen molar-refractivity contribution in [1.82, 2.24) is 10.2 Å². The lowest BCUT2D eigenvalue weighted by Crippen LogP contribution is -2.70. The molecule has 2 aliphatic rings. The van der Waals surface area contributed by atoms with Crippen LogP contribution in [-0.4, -0.2) is 34.8 Å². The first-order chi connectivity index (χ1) is 9.05. The number of hydrogen-bond acceptors (Lipinski definition) is 2. The van der Waals surface area contributed by atoms with Crippen LogP contribution >= 0.6 is 0 Å². The Balaban J connectivity index is 2.31. The monoisotopic (exact) mass is 264 g/mol. The third-order valence-corrected chi connectivity index (χ3v) is 4.60. The van der Waals surface area contributed by atoms with Crippen LogP contribution in [0, 0.1) is 5.92 Å². The highest BCUT2D eigenvalue weighted by atomic mass is 16.2. The van der Waals surface area contributed by atoms with E-state index in [9.17, 15) is 9.59 Å². The summed E-state index contributed by atoms with van der Waals surface area (Å²) in [5.41, 5.74) is -0.621. The minimum Gasteiger partial charge on any atom is -0.340 e. The number of amides is 2. The Labute approximate surface area is 115 Å². The van der Waals surface area contributed by atoms with Crippen LogP contribution < -0.4 is 5.32 Å². The van der Waals surface area contributed by atoms with Crippen molar-refractivity contribution in [2.45, 2.75) is 57.5 Å². The van der Waals surface area contributed by atoms with Gasteiger partial charge in [0.2, 0.25) is 11.8 Å². The molecule has 4 heteroatoms. The molecule has 2 fully saturated rings. The van der Waals surface area contributed by atoms with Crippen LogP contribution in [0.15, 0.2) is 12.7 Å².